The largest absolute Gasteiger partial charge is 0.280 e. The lowest BCUT2D eigenvalue weighted by Crippen LogP contribution is -2.10. The van der Waals surface area contributed by atoms with E-state index in [1.54, 1.807) is 18.2 Å². The molecule has 0 atom stereocenters. The van der Waals surface area contributed by atoms with Gasteiger partial charge >= 0.3 is 0 Å². The minimum Gasteiger partial charge on any atom is -0.275 e. The minimum atomic E-state index is -0.351. The van der Waals surface area contributed by atoms with Gasteiger partial charge in [0.05, 0.1) is 28.1 Å². The molecule has 0 radical (unpaired) electrons. The lowest BCUT2D eigenvalue weighted by Gasteiger charge is -2.02. The molecule has 0 aliphatic rings. The van der Waals surface area contributed by atoms with Crippen molar-refractivity contribution in [1.29, 1.82) is 0 Å². The van der Waals surface area contributed by atoms with Gasteiger partial charge in [0, 0.05) is 5.56 Å². The topological polar surface area (TPSA) is 70.1 Å². The van der Waals surface area contributed by atoms with Crippen LogP contribution in [0.25, 0.3) is 0 Å². The number of H-pyrrole nitrogens is 1. The van der Waals surface area contributed by atoms with Crippen molar-refractivity contribution in [3.63, 3.8) is 0 Å². The molecule has 19 heavy (non-hydrogen) atoms. The Hall–Kier alpha value is -1.37. The summed E-state index contributed by atoms with van der Waals surface area (Å²) in [5.74, 6) is 0. The van der Waals surface area contributed by atoms with Gasteiger partial charge in [-0.1, -0.05) is 29.3 Å². The van der Waals surface area contributed by atoms with Crippen LogP contribution in [0.5, 0.6) is 0 Å². The lowest BCUT2D eigenvalue weighted by atomic mass is 10.2. The molecule has 2 aromatic rings. The SMILES string of the molecule is O=c1[nH]ncc(NN=Cc2c(Cl)cccc2Cl)c1Br. The maximum absolute atomic E-state index is 11.3. The zero-order valence-corrected chi connectivity index (χ0v) is 12.4. The maximum atomic E-state index is 11.3. The fraction of sp³-hybridized carbons (Fsp3) is 0. The van der Waals surface area contributed by atoms with E-state index in [-0.39, 0.29) is 5.56 Å². The van der Waals surface area contributed by atoms with Gasteiger partial charge in [0.25, 0.3) is 5.56 Å². The molecule has 0 spiro atoms. The van der Waals surface area contributed by atoms with Crippen molar-refractivity contribution in [2.45, 2.75) is 0 Å². The number of halogens is 3. The highest BCUT2D eigenvalue weighted by Gasteiger charge is 2.04. The van der Waals surface area contributed by atoms with Crippen LogP contribution in [0.15, 0.2) is 38.8 Å². The summed E-state index contributed by atoms with van der Waals surface area (Å²) in [4.78, 5) is 11.3. The fourth-order valence-corrected chi connectivity index (χ4v) is 2.04. The van der Waals surface area contributed by atoms with Gasteiger partial charge in [0.15, 0.2) is 0 Å². The highest BCUT2D eigenvalue weighted by Crippen LogP contribution is 2.22. The summed E-state index contributed by atoms with van der Waals surface area (Å²) in [5.41, 5.74) is 3.35. The predicted octanol–water partition coefficient (Wildman–Crippen LogP) is 3.29. The van der Waals surface area contributed by atoms with Gasteiger partial charge in [-0.3, -0.25) is 10.2 Å². The summed E-state index contributed by atoms with van der Waals surface area (Å²) in [6.07, 6.45) is 2.90. The van der Waals surface area contributed by atoms with Crippen LogP contribution in [0, 0.1) is 0 Å². The predicted molar refractivity (Wildman–Crippen MR) is 80.2 cm³/mol. The molecule has 2 N–H and O–H groups in total. The molecule has 0 amide bonds. The first-order valence-electron chi connectivity index (χ1n) is 5.06. The van der Waals surface area contributed by atoms with Gasteiger partial charge in [-0.2, -0.15) is 10.2 Å². The molecular weight excluding hydrogens is 355 g/mol. The Balaban J connectivity index is 2.21. The van der Waals surface area contributed by atoms with Gasteiger partial charge < -0.3 is 0 Å². The zero-order valence-electron chi connectivity index (χ0n) is 9.32. The third kappa shape index (κ3) is 3.34. The molecule has 98 valence electrons. The lowest BCUT2D eigenvalue weighted by molar-refractivity contribution is 0.977. The standard InChI is InChI=1S/C11H7BrCl2N4O/c12-10-9(5-16-18-11(10)19)17-15-4-6-7(13)2-1-3-8(6)14/h1-5H,(H2,17,18,19). The quantitative estimate of drug-likeness (QED) is 0.651. The Kier molecular flexibility index (Phi) is 4.57. The summed E-state index contributed by atoms with van der Waals surface area (Å²) < 4.78 is 0.310. The zero-order chi connectivity index (χ0) is 13.8. The van der Waals surface area contributed by atoms with Crippen LogP contribution in [-0.2, 0) is 0 Å². The van der Waals surface area contributed by atoms with Gasteiger partial charge in [0.1, 0.15) is 4.47 Å². The number of benzene rings is 1. The molecule has 8 heteroatoms. The van der Waals surface area contributed by atoms with Crippen molar-refractivity contribution in [2.75, 3.05) is 5.43 Å². The first kappa shape index (κ1) is 14.0. The van der Waals surface area contributed by atoms with Crippen molar-refractivity contribution >= 4 is 51.0 Å². The number of anilines is 1. The summed E-state index contributed by atoms with van der Waals surface area (Å²) in [5, 5.41) is 10.9. The minimum absolute atomic E-state index is 0.310. The van der Waals surface area contributed by atoms with Gasteiger partial charge in [-0.05, 0) is 28.1 Å². The molecule has 1 aromatic heterocycles. The molecule has 0 aliphatic carbocycles. The molecule has 0 aliphatic heterocycles. The van der Waals surface area contributed by atoms with Crippen LogP contribution in [0.4, 0.5) is 5.69 Å². The Bertz CT molecular complexity index is 666. The maximum Gasteiger partial charge on any atom is 0.280 e. The number of hydrazone groups is 1. The highest BCUT2D eigenvalue weighted by molar-refractivity contribution is 9.10. The monoisotopic (exact) mass is 360 g/mol. The van der Waals surface area contributed by atoms with Crippen molar-refractivity contribution in [2.24, 2.45) is 5.10 Å². The summed E-state index contributed by atoms with van der Waals surface area (Å²) in [6, 6.07) is 5.16. The number of nitrogens with zero attached hydrogens (tertiary/aromatic N) is 2. The van der Waals surface area contributed by atoms with E-state index >= 15 is 0 Å². The second-order valence-corrected chi connectivity index (χ2v) is 5.04. The first-order valence-corrected chi connectivity index (χ1v) is 6.60. The van der Waals surface area contributed by atoms with Crippen molar-refractivity contribution in [3.05, 3.63) is 54.8 Å². The van der Waals surface area contributed by atoms with Crippen LogP contribution in [0.1, 0.15) is 5.56 Å². The van der Waals surface area contributed by atoms with E-state index in [1.165, 1.54) is 12.4 Å². The Morgan fingerprint density at radius 3 is 2.74 bits per heavy atom. The van der Waals surface area contributed by atoms with E-state index in [4.69, 9.17) is 23.2 Å². The second kappa shape index (κ2) is 6.18. The number of hydrogen-bond acceptors (Lipinski definition) is 4. The van der Waals surface area contributed by atoms with Crippen molar-refractivity contribution < 1.29 is 0 Å². The van der Waals surface area contributed by atoms with Crippen LogP contribution in [0.2, 0.25) is 10.0 Å². The third-order valence-corrected chi connectivity index (χ3v) is 3.62. The summed E-state index contributed by atoms with van der Waals surface area (Å²) >= 11 is 15.1. The molecule has 1 heterocycles. The average Bonchev–Trinajstić information content (AvgIpc) is 2.38. The molecular formula is C11H7BrCl2N4O. The Labute approximate surface area is 126 Å². The molecule has 1 aromatic carbocycles. The van der Waals surface area contributed by atoms with E-state index in [0.29, 0.717) is 25.8 Å². The summed E-state index contributed by atoms with van der Waals surface area (Å²) in [6.45, 7) is 0. The van der Waals surface area contributed by atoms with E-state index < -0.39 is 0 Å². The smallest absolute Gasteiger partial charge is 0.275 e. The highest BCUT2D eigenvalue weighted by atomic mass is 79.9. The van der Waals surface area contributed by atoms with E-state index in [2.05, 4.69) is 36.7 Å². The van der Waals surface area contributed by atoms with Crippen LogP contribution >= 0.6 is 39.1 Å². The Morgan fingerprint density at radius 2 is 2.05 bits per heavy atom. The van der Waals surface area contributed by atoms with Gasteiger partial charge in [0.2, 0.25) is 0 Å². The van der Waals surface area contributed by atoms with E-state index in [0.717, 1.165) is 0 Å². The van der Waals surface area contributed by atoms with Gasteiger partial charge in [-0.25, -0.2) is 5.10 Å². The molecule has 0 saturated heterocycles. The molecule has 2 rings (SSSR count). The van der Waals surface area contributed by atoms with E-state index in [1.807, 2.05) is 0 Å². The number of aromatic nitrogens is 2. The molecule has 0 fully saturated rings. The van der Waals surface area contributed by atoms with Crippen molar-refractivity contribution in [1.82, 2.24) is 10.2 Å². The first-order chi connectivity index (χ1) is 9.09. The Morgan fingerprint density at radius 1 is 1.37 bits per heavy atom. The molecule has 5 nitrogen and oxygen atoms in total. The van der Waals surface area contributed by atoms with Crippen LogP contribution in [-0.4, -0.2) is 16.4 Å². The number of nitrogens with one attached hydrogen (secondary N) is 2. The third-order valence-electron chi connectivity index (χ3n) is 2.17. The van der Waals surface area contributed by atoms with E-state index in [9.17, 15) is 4.79 Å². The van der Waals surface area contributed by atoms with Crippen LogP contribution in [0.3, 0.4) is 0 Å². The number of aromatic amines is 1. The average molecular weight is 362 g/mol. The van der Waals surface area contributed by atoms with Gasteiger partial charge in [-0.15, -0.1) is 0 Å². The number of rotatable bonds is 3. The fourth-order valence-electron chi connectivity index (χ4n) is 1.26. The molecule has 0 bridgehead atoms. The number of hydrogen-bond donors (Lipinski definition) is 2. The molecule has 0 unspecified atom stereocenters. The van der Waals surface area contributed by atoms with Crippen molar-refractivity contribution in [3.8, 4) is 0 Å². The molecule has 0 saturated carbocycles. The second-order valence-electron chi connectivity index (χ2n) is 3.43. The van der Waals surface area contributed by atoms with Crippen LogP contribution < -0.4 is 11.0 Å². The summed E-state index contributed by atoms with van der Waals surface area (Å²) in [7, 11) is 0. The normalized spacial score (nSPS) is 10.9.